The Morgan fingerprint density at radius 3 is 2.56 bits per heavy atom. The molecule has 0 bridgehead atoms. The minimum absolute atomic E-state index is 0.0261. The van der Waals surface area contributed by atoms with E-state index in [9.17, 15) is 4.79 Å². The highest BCUT2D eigenvalue weighted by Crippen LogP contribution is 2.11. The lowest BCUT2D eigenvalue weighted by Crippen LogP contribution is -2.39. The van der Waals surface area contributed by atoms with E-state index in [1.165, 1.54) is 0 Å². The van der Waals surface area contributed by atoms with Crippen molar-refractivity contribution in [2.24, 2.45) is 5.73 Å². The van der Waals surface area contributed by atoms with Crippen LogP contribution in [-0.2, 0) is 0 Å². The number of aliphatic hydroxyl groups excluding tert-OH is 1. The Morgan fingerprint density at radius 2 is 2.06 bits per heavy atom. The first-order chi connectivity index (χ1) is 8.47. The number of carbonyl (C=O) groups excluding carboxylic acids is 1. The zero-order chi connectivity index (χ0) is 13.7. The molecule has 98 valence electrons. The number of benzene rings is 1. The van der Waals surface area contributed by atoms with Gasteiger partial charge >= 0.3 is 0 Å². The van der Waals surface area contributed by atoms with Gasteiger partial charge < -0.3 is 15.7 Å². The first-order valence-corrected chi connectivity index (χ1v) is 6.20. The Bertz CT molecular complexity index is 446. The van der Waals surface area contributed by atoms with Gasteiger partial charge in [0.05, 0.1) is 6.61 Å². The third-order valence-corrected chi connectivity index (χ3v) is 2.85. The molecule has 0 atom stereocenters. The zero-order valence-electron chi connectivity index (χ0n) is 10.6. The van der Waals surface area contributed by atoms with E-state index in [-0.39, 0.29) is 23.5 Å². The molecule has 18 heavy (non-hydrogen) atoms. The summed E-state index contributed by atoms with van der Waals surface area (Å²) in [4.78, 5) is 14.2. The van der Waals surface area contributed by atoms with Gasteiger partial charge in [-0.15, -0.1) is 0 Å². The maximum atomic E-state index is 12.3. The van der Waals surface area contributed by atoms with Gasteiger partial charge in [-0.2, -0.15) is 0 Å². The van der Waals surface area contributed by atoms with Gasteiger partial charge in [-0.25, -0.2) is 0 Å². The molecule has 3 N–H and O–H groups in total. The van der Waals surface area contributed by atoms with E-state index >= 15 is 0 Å². The van der Waals surface area contributed by atoms with Crippen molar-refractivity contribution < 1.29 is 9.90 Å². The number of hydrogen-bond acceptors (Lipinski definition) is 3. The van der Waals surface area contributed by atoms with Crippen molar-refractivity contribution in [3.05, 3.63) is 35.4 Å². The second kappa shape index (κ2) is 6.47. The molecule has 5 heteroatoms. The number of rotatable bonds is 5. The third kappa shape index (κ3) is 3.51. The Balaban J connectivity index is 3.01. The Kier molecular flexibility index (Phi) is 5.25. The lowest BCUT2D eigenvalue weighted by molar-refractivity contribution is 0.0665. The fourth-order valence-corrected chi connectivity index (χ4v) is 1.80. The number of aliphatic hydroxyl groups is 1. The Labute approximate surface area is 112 Å². The number of amides is 1. The average Bonchev–Trinajstić information content (AvgIpc) is 2.35. The Hall–Kier alpha value is -1.46. The molecule has 0 spiro atoms. The lowest BCUT2D eigenvalue weighted by Gasteiger charge is -2.26. The van der Waals surface area contributed by atoms with Crippen molar-refractivity contribution in [2.75, 3.05) is 13.2 Å². The van der Waals surface area contributed by atoms with Gasteiger partial charge in [0.15, 0.2) is 0 Å². The van der Waals surface area contributed by atoms with E-state index in [0.29, 0.717) is 17.7 Å². The van der Waals surface area contributed by atoms with Crippen LogP contribution in [0.1, 0.15) is 29.8 Å². The summed E-state index contributed by atoms with van der Waals surface area (Å²) >= 11 is 4.89. The van der Waals surface area contributed by atoms with Crippen molar-refractivity contribution >= 4 is 23.1 Å². The fraction of sp³-hybridized carbons (Fsp3) is 0.385. The molecule has 0 aromatic heterocycles. The SMILES string of the molecule is CC(C)N(CCO)C(=O)c1cccc(C(N)=S)c1. The van der Waals surface area contributed by atoms with Crippen molar-refractivity contribution in [2.45, 2.75) is 19.9 Å². The number of nitrogens with two attached hydrogens (primary N) is 1. The minimum Gasteiger partial charge on any atom is -0.395 e. The average molecular weight is 266 g/mol. The molecule has 1 amide bonds. The molecule has 0 aliphatic heterocycles. The highest BCUT2D eigenvalue weighted by Gasteiger charge is 2.18. The quantitative estimate of drug-likeness (QED) is 0.785. The second-order valence-corrected chi connectivity index (χ2v) is 4.70. The van der Waals surface area contributed by atoms with Crippen LogP contribution in [-0.4, -0.2) is 40.1 Å². The molecule has 1 aromatic carbocycles. The molecule has 1 rings (SSSR count). The molecule has 0 unspecified atom stereocenters. The molecule has 0 heterocycles. The van der Waals surface area contributed by atoms with Crippen LogP contribution < -0.4 is 5.73 Å². The van der Waals surface area contributed by atoms with Gasteiger partial charge in [0.2, 0.25) is 0 Å². The highest BCUT2D eigenvalue weighted by molar-refractivity contribution is 7.80. The molecule has 0 saturated carbocycles. The summed E-state index contributed by atoms with van der Waals surface area (Å²) in [6.45, 7) is 4.07. The van der Waals surface area contributed by atoms with Gasteiger partial charge in [0.1, 0.15) is 4.99 Å². The monoisotopic (exact) mass is 266 g/mol. The first kappa shape index (κ1) is 14.6. The summed E-state index contributed by atoms with van der Waals surface area (Å²) in [6, 6.07) is 6.94. The van der Waals surface area contributed by atoms with Gasteiger partial charge in [-0.05, 0) is 26.0 Å². The molecule has 4 nitrogen and oxygen atoms in total. The van der Waals surface area contributed by atoms with E-state index < -0.39 is 0 Å². The summed E-state index contributed by atoms with van der Waals surface area (Å²) in [5, 5.41) is 8.99. The van der Waals surface area contributed by atoms with Crippen LogP contribution in [0, 0.1) is 0 Å². The van der Waals surface area contributed by atoms with Gasteiger partial charge in [0, 0.05) is 23.7 Å². The molecule has 0 saturated heterocycles. The zero-order valence-corrected chi connectivity index (χ0v) is 11.4. The third-order valence-electron chi connectivity index (χ3n) is 2.62. The van der Waals surface area contributed by atoms with Gasteiger partial charge in [-0.1, -0.05) is 24.4 Å². The molecular formula is C13H18N2O2S. The lowest BCUT2D eigenvalue weighted by atomic mass is 10.1. The standard InChI is InChI=1S/C13H18N2O2S/c1-9(2)15(6-7-16)13(17)11-5-3-4-10(8-11)12(14)18/h3-5,8-9,16H,6-7H2,1-2H3,(H2,14,18). The van der Waals surface area contributed by atoms with Crippen molar-refractivity contribution in [1.82, 2.24) is 4.90 Å². The van der Waals surface area contributed by atoms with Crippen LogP contribution in [0.25, 0.3) is 0 Å². The van der Waals surface area contributed by atoms with Crippen LogP contribution in [0.5, 0.6) is 0 Å². The fourth-order valence-electron chi connectivity index (χ4n) is 1.67. The predicted molar refractivity (Wildman–Crippen MR) is 75.6 cm³/mol. The summed E-state index contributed by atoms with van der Waals surface area (Å²) in [6.07, 6.45) is 0. The molecule has 1 aromatic rings. The maximum absolute atomic E-state index is 12.3. The summed E-state index contributed by atoms with van der Waals surface area (Å²) in [5.41, 5.74) is 6.74. The van der Waals surface area contributed by atoms with Crippen molar-refractivity contribution in [3.8, 4) is 0 Å². The summed E-state index contributed by atoms with van der Waals surface area (Å²) in [7, 11) is 0. The predicted octanol–water partition coefficient (Wildman–Crippen LogP) is 1.16. The Morgan fingerprint density at radius 1 is 1.44 bits per heavy atom. The molecular weight excluding hydrogens is 248 g/mol. The van der Waals surface area contributed by atoms with Crippen LogP contribution in [0.4, 0.5) is 0 Å². The summed E-state index contributed by atoms with van der Waals surface area (Å²) < 4.78 is 0. The smallest absolute Gasteiger partial charge is 0.254 e. The minimum atomic E-state index is -0.128. The molecule has 0 radical (unpaired) electrons. The normalized spacial score (nSPS) is 10.4. The number of thiocarbonyl (C=S) groups is 1. The molecule has 0 fully saturated rings. The first-order valence-electron chi connectivity index (χ1n) is 5.79. The molecule has 0 aliphatic rings. The summed E-state index contributed by atoms with van der Waals surface area (Å²) in [5.74, 6) is -0.128. The highest BCUT2D eigenvalue weighted by atomic mass is 32.1. The van der Waals surface area contributed by atoms with Gasteiger partial charge in [0.25, 0.3) is 5.91 Å². The molecule has 0 aliphatic carbocycles. The van der Waals surface area contributed by atoms with Crippen LogP contribution in [0.3, 0.4) is 0 Å². The van der Waals surface area contributed by atoms with E-state index in [0.717, 1.165) is 0 Å². The second-order valence-electron chi connectivity index (χ2n) is 4.26. The van der Waals surface area contributed by atoms with Crippen molar-refractivity contribution in [3.63, 3.8) is 0 Å². The number of nitrogens with zero attached hydrogens (tertiary/aromatic N) is 1. The largest absolute Gasteiger partial charge is 0.395 e. The van der Waals surface area contributed by atoms with E-state index in [1.54, 1.807) is 29.2 Å². The van der Waals surface area contributed by atoms with Crippen molar-refractivity contribution in [1.29, 1.82) is 0 Å². The van der Waals surface area contributed by atoms with E-state index in [1.807, 2.05) is 13.8 Å². The van der Waals surface area contributed by atoms with E-state index in [2.05, 4.69) is 0 Å². The number of carbonyl (C=O) groups is 1. The topological polar surface area (TPSA) is 66.6 Å². The van der Waals surface area contributed by atoms with E-state index in [4.69, 9.17) is 23.1 Å². The van der Waals surface area contributed by atoms with Crippen LogP contribution in [0.2, 0.25) is 0 Å². The number of hydrogen-bond donors (Lipinski definition) is 2. The van der Waals surface area contributed by atoms with Crippen LogP contribution in [0.15, 0.2) is 24.3 Å². The van der Waals surface area contributed by atoms with Crippen LogP contribution >= 0.6 is 12.2 Å². The van der Waals surface area contributed by atoms with Gasteiger partial charge in [-0.3, -0.25) is 4.79 Å². The maximum Gasteiger partial charge on any atom is 0.254 e.